The molecule has 0 radical (unpaired) electrons. The molecule has 0 aliphatic rings. The van der Waals surface area contributed by atoms with E-state index in [1.807, 2.05) is 24.3 Å². The third-order valence-electron chi connectivity index (χ3n) is 3.04. The normalized spacial score (nSPS) is 10.3. The molecule has 0 saturated heterocycles. The van der Waals surface area contributed by atoms with E-state index in [4.69, 9.17) is 0 Å². The van der Waals surface area contributed by atoms with Crippen LogP contribution < -0.4 is 0 Å². The molecule has 1 amide bonds. The van der Waals surface area contributed by atoms with Gasteiger partial charge in [0.15, 0.2) is 0 Å². The molecular weight excluding hydrogens is 258 g/mol. The minimum Gasteiger partial charge on any atom is -0.507 e. The van der Waals surface area contributed by atoms with Crippen molar-refractivity contribution in [3.8, 4) is 5.75 Å². The first-order valence-corrected chi connectivity index (χ1v) is 6.07. The lowest BCUT2D eigenvalue weighted by Crippen LogP contribution is -2.32. The summed E-state index contributed by atoms with van der Waals surface area (Å²) in [4.78, 5) is 24.6. The molecule has 20 heavy (non-hydrogen) atoms. The minimum atomic E-state index is -0.513. The van der Waals surface area contributed by atoms with Gasteiger partial charge in [0, 0.05) is 7.05 Å². The van der Waals surface area contributed by atoms with Crippen molar-refractivity contribution in [3.63, 3.8) is 0 Å². The Hall–Kier alpha value is -2.56. The summed E-state index contributed by atoms with van der Waals surface area (Å²) in [6.45, 7) is -0.165. The number of rotatable bonds is 3. The fraction of sp³-hybridized carbons (Fsp3) is 0.200. The second-order valence-electron chi connectivity index (χ2n) is 4.45. The number of phenols is 1. The number of fused-ring (bicyclic) bond motifs is 1. The molecule has 0 fully saturated rings. The SMILES string of the molecule is COC(=O)CN(C)C(=O)c1cc2ccccc2cc1O. The number of phenolic OH excluding ortho intramolecular Hbond substituents is 1. The van der Waals surface area contributed by atoms with Crippen molar-refractivity contribution < 1.29 is 19.4 Å². The topological polar surface area (TPSA) is 66.8 Å². The van der Waals surface area contributed by atoms with Crippen molar-refractivity contribution in [3.05, 3.63) is 42.0 Å². The number of carbonyl (C=O) groups is 2. The van der Waals surface area contributed by atoms with Crippen LogP contribution >= 0.6 is 0 Å². The Bertz CT molecular complexity index is 666. The number of ether oxygens (including phenoxy) is 1. The number of amides is 1. The fourth-order valence-corrected chi connectivity index (χ4v) is 1.94. The van der Waals surface area contributed by atoms with Gasteiger partial charge in [-0.05, 0) is 22.9 Å². The molecule has 2 aromatic carbocycles. The second-order valence-corrected chi connectivity index (χ2v) is 4.45. The molecule has 0 aromatic heterocycles. The van der Waals surface area contributed by atoms with E-state index in [-0.39, 0.29) is 17.9 Å². The highest BCUT2D eigenvalue weighted by Crippen LogP contribution is 2.25. The molecule has 0 bridgehead atoms. The molecule has 0 spiro atoms. The Kier molecular flexibility index (Phi) is 3.89. The molecule has 0 aliphatic carbocycles. The summed E-state index contributed by atoms with van der Waals surface area (Å²) < 4.78 is 4.51. The van der Waals surface area contributed by atoms with E-state index in [0.29, 0.717) is 0 Å². The monoisotopic (exact) mass is 273 g/mol. The van der Waals surface area contributed by atoms with Crippen LogP contribution in [0, 0.1) is 0 Å². The smallest absolute Gasteiger partial charge is 0.325 e. The van der Waals surface area contributed by atoms with E-state index in [9.17, 15) is 14.7 Å². The van der Waals surface area contributed by atoms with Crippen LogP contribution in [0.1, 0.15) is 10.4 Å². The lowest BCUT2D eigenvalue weighted by atomic mass is 10.1. The van der Waals surface area contributed by atoms with Gasteiger partial charge in [-0.1, -0.05) is 24.3 Å². The van der Waals surface area contributed by atoms with Crippen LogP contribution in [-0.4, -0.2) is 42.6 Å². The van der Waals surface area contributed by atoms with E-state index >= 15 is 0 Å². The quantitative estimate of drug-likeness (QED) is 0.866. The van der Waals surface area contributed by atoms with Crippen molar-refractivity contribution in [2.45, 2.75) is 0 Å². The molecule has 5 nitrogen and oxygen atoms in total. The third kappa shape index (κ3) is 2.71. The summed E-state index contributed by atoms with van der Waals surface area (Å²) in [7, 11) is 2.74. The average molecular weight is 273 g/mol. The Morgan fingerprint density at radius 3 is 2.40 bits per heavy atom. The molecular formula is C15H15NO4. The molecule has 2 aromatic rings. The Morgan fingerprint density at radius 2 is 1.80 bits per heavy atom. The van der Waals surface area contributed by atoms with E-state index in [0.717, 1.165) is 10.8 Å². The summed E-state index contributed by atoms with van der Waals surface area (Å²) in [5, 5.41) is 11.6. The molecule has 0 atom stereocenters. The summed E-state index contributed by atoms with van der Waals surface area (Å²) in [6.07, 6.45) is 0. The lowest BCUT2D eigenvalue weighted by molar-refractivity contribution is -0.141. The number of aromatic hydroxyl groups is 1. The van der Waals surface area contributed by atoms with Gasteiger partial charge in [-0.3, -0.25) is 9.59 Å². The first-order chi connectivity index (χ1) is 9.52. The van der Waals surface area contributed by atoms with E-state index in [2.05, 4.69) is 4.74 Å². The zero-order valence-corrected chi connectivity index (χ0v) is 11.3. The van der Waals surface area contributed by atoms with Crippen molar-refractivity contribution in [2.24, 2.45) is 0 Å². The number of hydrogen-bond donors (Lipinski definition) is 1. The van der Waals surface area contributed by atoms with Crippen LogP contribution in [-0.2, 0) is 9.53 Å². The van der Waals surface area contributed by atoms with Gasteiger partial charge in [-0.2, -0.15) is 0 Å². The van der Waals surface area contributed by atoms with E-state index in [1.165, 1.54) is 25.1 Å². The molecule has 0 saturated carbocycles. The largest absolute Gasteiger partial charge is 0.507 e. The average Bonchev–Trinajstić information content (AvgIpc) is 2.45. The van der Waals surface area contributed by atoms with Gasteiger partial charge in [0.05, 0.1) is 12.7 Å². The number of likely N-dealkylation sites (N-methyl/N-ethyl adjacent to an activating group) is 1. The lowest BCUT2D eigenvalue weighted by Gasteiger charge is -2.16. The van der Waals surface area contributed by atoms with Crippen LogP contribution in [0.2, 0.25) is 0 Å². The van der Waals surface area contributed by atoms with Crippen LogP contribution in [0.25, 0.3) is 10.8 Å². The highest BCUT2D eigenvalue weighted by atomic mass is 16.5. The van der Waals surface area contributed by atoms with Gasteiger partial charge in [-0.15, -0.1) is 0 Å². The van der Waals surface area contributed by atoms with Gasteiger partial charge in [-0.25, -0.2) is 0 Å². The summed E-state index contributed by atoms with van der Waals surface area (Å²) in [6, 6.07) is 10.6. The van der Waals surface area contributed by atoms with Gasteiger partial charge in [0.2, 0.25) is 0 Å². The van der Waals surface area contributed by atoms with Crippen LogP contribution in [0.3, 0.4) is 0 Å². The van der Waals surface area contributed by atoms with E-state index in [1.54, 1.807) is 6.07 Å². The molecule has 0 unspecified atom stereocenters. The van der Waals surface area contributed by atoms with Crippen LogP contribution in [0.4, 0.5) is 0 Å². The number of hydrogen-bond acceptors (Lipinski definition) is 4. The molecule has 2 rings (SSSR count). The van der Waals surface area contributed by atoms with E-state index < -0.39 is 11.9 Å². The summed E-state index contributed by atoms with van der Waals surface area (Å²) in [5.41, 5.74) is 0.162. The predicted octanol–water partition coefficient (Wildman–Crippen LogP) is 1.79. The van der Waals surface area contributed by atoms with Gasteiger partial charge < -0.3 is 14.7 Å². The molecule has 1 N–H and O–H groups in total. The zero-order chi connectivity index (χ0) is 14.7. The molecule has 104 valence electrons. The van der Waals surface area contributed by atoms with Crippen molar-refractivity contribution in [2.75, 3.05) is 20.7 Å². The molecule has 5 heteroatoms. The molecule has 0 aliphatic heterocycles. The number of carbonyl (C=O) groups excluding carboxylic acids is 2. The maximum atomic E-state index is 12.2. The van der Waals surface area contributed by atoms with Crippen molar-refractivity contribution >= 4 is 22.6 Å². The van der Waals surface area contributed by atoms with Crippen molar-refractivity contribution in [1.29, 1.82) is 0 Å². The van der Waals surface area contributed by atoms with Crippen LogP contribution in [0.15, 0.2) is 36.4 Å². The van der Waals surface area contributed by atoms with Crippen molar-refractivity contribution in [1.82, 2.24) is 4.90 Å². The Balaban J connectivity index is 2.34. The number of methoxy groups -OCH3 is 1. The van der Waals surface area contributed by atoms with Gasteiger partial charge in [0.25, 0.3) is 5.91 Å². The first kappa shape index (κ1) is 13.9. The maximum Gasteiger partial charge on any atom is 0.325 e. The summed E-state index contributed by atoms with van der Waals surface area (Å²) >= 11 is 0. The number of esters is 1. The number of nitrogens with zero attached hydrogens (tertiary/aromatic N) is 1. The number of benzene rings is 2. The Labute approximate surface area is 116 Å². The zero-order valence-electron chi connectivity index (χ0n) is 11.3. The second kappa shape index (κ2) is 5.61. The van der Waals surface area contributed by atoms with Gasteiger partial charge >= 0.3 is 5.97 Å². The Morgan fingerprint density at radius 1 is 1.20 bits per heavy atom. The first-order valence-electron chi connectivity index (χ1n) is 6.07. The van der Waals surface area contributed by atoms with Crippen LogP contribution in [0.5, 0.6) is 5.75 Å². The maximum absolute atomic E-state index is 12.2. The standard InChI is InChI=1S/C15H15NO4/c1-16(9-14(18)20-2)15(19)12-7-10-5-3-4-6-11(10)8-13(12)17/h3-8,17H,9H2,1-2H3. The van der Waals surface area contributed by atoms with Gasteiger partial charge in [0.1, 0.15) is 12.3 Å². The summed E-state index contributed by atoms with van der Waals surface area (Å²) in [5.74, 6) is -1.05. The molecule has 0 heterocycles. The highest BCUT2D eigenvalue weighted by Gasteiger charge is 2.18. The predicted molar refractivity (Wildman–Crippen MR) is 74.6 cm³/mol. The fourth-order valence-electron chi connectivity index (χ4n) is 1.94. The highest BCUT2D eigenvalue weighted by molar-refractivity contribution is 6.02. The minimum absolute atomic E-state index is 0.106. The third-order valence-corrected chi connectivity index (χ3v) is 3.04.